The van der Waals surface area contributed by atoms with Gasteiger partial charge in [-0.05, 0) is 0 Å². The molecule has 0 fully saturated rings. The number of oxazole rings is 1. The Morgan fingerprint density at radius 1 is 1.30 bits per heavy atom. The van der Waals surface area contributed by atoms with Gasteiger partial charge in [-0.2, -0.15) is 0 Å². The Kier molecular flexibility index (Phi) is 1.26. The molecule has 0 amide bonds. The second kappa shape index (κ2) is 2.11. The number of aromatic nitrogens is 1. The summed E-state index contributed by atoms with van der Waals surface area (Å²) >= 11 is 2.71. The molecule has 0 aliphatic rings. The van der Waals surface area contributed by atoms with E-state index < -0.39 is 0 Å². The molecule has 0 bridgehead atoms. The van der Waals surface area contributed by atoms with E-state index in [4.69, 9.17) is 4.42 Å². The van der Waals surface area contributed by atoms with E-state index in [0.29, 0.717) is 4.79 Å². The van der Waals surface area contributed by atoms with Crippen LogP contribution in [-0.2, 0) is 0 Å². The molecule has 0 aliphatic heterocycles. The number of nitrogens with zero attached hydrogens (tertiary/aromatic N) is 1. The van der Waals surface area contributed by atoms with E-state index in [9.17, 15) is 0 Å². The zero-order chi connectivity index (χ0) is 6.97. The van der Waals surface area contributed by atoms with Crippen LogP contribution in [0.25, 0.3) is 11.1 Å². The van der Waals surface area contributed by atoms with Gasteiger partial charge in [0.15, 0.2) is 0 Å². The first-order valence-corrected chi connectivity index (χ1v) is 3.74. The number of benzene rings is 1. The average molecular weight is 197 g/mol. The molecule has 2 aromatic rings. The van der Waals surface area contributed by atoms with Crippen LogP contribution in [0.15, 0.2) is 28.7 Å². The molecule has 0 saturated heterocycles. The van der Waals surface area contributed by atoms with Crippen LogP contribution < -0.4 is 4.79 Å². The topological polar surface area (TPSA) is 26.0 Å². The van der Waals surface area contributed by atoms with Crippen LogP contribution in [-0.4, -0.2) is 21.0 Å². The number of hydrogen-bond acceptors (Lipinski definition) is 2. The van der Waals surface area contributed by atoms with Gasteiger partial charge in [0.05, 0.1) is 0 Å². The normalized spacial score (nSPS) is 10.4. The standard InChI is InChI=1S/C7H4NOSe/c10-7-8-5-3-1-2-4-6(5)9-7/h1-4H. The monoisotopic (exact) mass is 198 g/mol. The van der Waals surface area contributed by atoms with Crippen molar-refractivity contribution in [2.45, 2.75) is 0 Å². The molecular formula is C7H4NOSe. The van der Waals surface area contributed by atoms with Crippen molar-refractivity contribution in [2.75, 3.05) is 0 Å². The maximum absolute atomic E-state index is 5.20. The molecule has 0 unspecified atom stereocenters. The van der Waals surface area contributed by atoms with E-state index in [-0.39, 0.29) is 0 Å². The van der Waals surface area contributed by atoms with Crippen molar-refractivity contribution >= 4 is 31.9 Å². The summed E-state index contributed by atoms with van der Waals surface area (Å²) in [6, 6.07) is 7.67. The zero-order valence-electron chi connectivity index (χ0n) is 5.07. The van der Waals surface area contributed by atoms with Gasteiger partial charge in [-0.25, -0.2) is 0 Å². The second-order valence-electron chi connectivity index (χ2n) is 1.95. The molecule has 1 heterocycles. The molecule has 1 radical (unpaired) electrons. The molecule has 49 valence electrons. The van der Waals surface area contributed by atoms with Gasteiger partial charge in [0, 0.05) is 0 Å². The number of hydrogen-bond donors (Lipinski definition) is 0. The summed E-state index contributed by atoms with van der Waals surface area (Å²) in [6.07, 6.45) is 0. The number of fused-ring (bicyclic) bond motifs is 1. The van der Waals surface area contributed by atoms with Crippen molar-refractivity contribution in [1.82, 2.24) is 4.98 Å². The Hall–Kier alpha value is -0.791. The predicted octanol–water partition coefficient (Wildman–Crippen LogP) is 0.622. The van der Waals surface area contributed by atoms with Crippen LogP contribution in [0, 0.1) is 0 Å². The average Bonchev–Trinajstić information content (AvgIpc) is 2.27. The van der Waals surface area contributed by atoms with Gasteiger partial charge in [-0.1, -0.05) is 0 Å². The van der Waals surface area contributed by atoms with Crippen LogP contribution in [0.4, 0.5) is 0 Å². The Morgan fingerprint density at radius 3 is 2.90 bits per heavy atom. The van der Waals surface area contributed by atoms with Gasteiger partial charge in [-0.15, -0.1) is 0 Å². The maximum atomic E-state index is 5.20. The number of para-hydroxylation sites is 2. The molecule has 3 heteroatoms. The molecule has 1 aromatic heterocycles. The summed E-state index contributed by atoms with van der Waals surface area (Å²) in [5, 5.41) is 0. The Bertz CT molecular complexity index is 322. The first-order valence-electron chi connectivity index (χ1n) is 2.89. The van der Waals surface area contributed by atoms with Crippen LogP contribution in [0.5, 0.6) is 0 Å². The molecular weight excluding hydrogens is 193 g/mol. The van der Waals surface area contributed by atoms with Crippen molar-refractivity contribution in [1.29, 1.82) is 0 Å². The van der Waals surface area contributed by atoms with Crippen LogP contribution in [0.1, 0.15) is 0 Å². The molecule has 0 saturated carbocycles. The van der Waals surface area contributed by atoms with E-state index in [2.05, 4.69) is 21.0 Å². The third kappa shape index (κ3) is 0.838. The van der Waals surface area contributed by atoms with E-state index >= 15 is 0 Å². The number of rotatable bonds is 0. The first-order chi connectivity index (χ1) is 4.86. The molecule has 10 heavy (non-hydrogen) atoms. The summed E-state index contributed by atoms with van der Waals surface area (Å²) in [5.41, 5.74) is 1.73. The Morgan fingerprint density at radius 2 is 2.10 bits per heavy atom. The summed E-state index contributed by atoms with van der Waals surface area (Å²) in [5.74, 6) is 0. The van der Waals surface area contributed by atoms with Gasteiger partial charge < -0.3 is 0 Å². The van der Waals surface area contributed by atoms with Gasteiger partial charge >= 0.3 is 65.6 Å². The van der Waals surface area contributed by atoms with Gasteiger partial charge in [0.25, 0.3) is 0 Å². The van der Waals surface area contributed by atoms with Crippen molar-refractivity contribution in [3.05, 3.63) is 24.3 Å². The second-order valence-corrected chi connectivity index (χ2v) is 2.68. The van der Waals surface area contributed by atoms with Crippen LogP contribution in [0.2, 0.25) is 0 Å². The van der Waals surface area contributed by atoms with E-state index in [1.54, 1.807) is 0 Å². The molecule has 0 atom stereocenters. The molecule has 0 aliphatic carbocycles. The summed E-state index contributed by atoms with van der Waals surface area (Å²) in [6.45, 7) is 0. The Labute approximate surface area is 66.1 Å². The third-order valence-corrected chi connectivity index (χ3v) is 1.64. The van der Waals surface area contributed by atoms with Crippen molar-refractivity contribution < 1.29 is 4.42 Å². The van der Waals surface area contributed by atoms with E-state index in [1.807, 2.05) is 24.3 Å². The quantitative estimate of drug-likeness (QED) is 0.578. The predicted molar refractivity (Wildman–Crippen MR) is 39.4 cm³/mol. The van der Waals surface area contributed by atoms with E-state index in [1.165, 1.54) is 0 Å². The van der Waals surface area contributed by atoms with Crippen LogP contribution in [0.3, 0.4) is 0 Å². The fourth-order valence-corrected chi connectivity index (χ4v) is 1.25. The molecule has 0 spiro atoms. The van der Waals surface area contributed by atoms with Crippen LogP contribution >= 0.6 is 0 Å². The minimum absolute atomic E-state index is 0.598. The molecule has 0 N–H and O–H groups in total. The molecule has 1 aromatic carbocycles. The van der Waals surface area contributed by atoms with Crippen molar-refractivity contribution in [2.24, 2.45) is 0 Å². The summed E-state index contributed by atoms with van der Waals surface area (Å²) in [7, 11) is 0. The van der Waals surface area contributed by atoms with Crippen molar-refractivity contribution in [3.8, 4) is 0 Å². The van der Waals surface area contributed by atoms with Gasteiger partial charge in [0.1, 0.15) is 0 Å². The summed E-state index contributed by atoms with van der Waals surface area (Å²) < 4.78 is 5.20. The Balaban J connectivity index is 2.88. The van der Waals surface area contributed by atoms with Gasteiger partial charge in [-0.3, -0.25) is 0 Å². The SMILES string of the molecule is [Se]c1nc2ccccc2o1. The molecule has 2 nitrogen and oxygen atoms in total. The van der Waals surface area contributed by atoms with Crippen molar-refractivity contribution in [3.63, 3.8) is 0 Å². The van der Waals surface area contributed by atoms with Gasteiger partial charge in [0.2, 0.25) is 0 Å². The fourth-order valence-electron chi connectivity index (χ4n) is 0.851. The van der Waals surface area contributed by atoms with E-state index in [0.717, 1.165) is 11.1 Å². The first kappa shape index (κ1) is 5.95. The summed E-state index contributed by atoms with van der Waals surface area (Å²) in [4.78, 5) is 4.69. The molecule has 2 rings (SSSR count). The zero-order valence-corrected chi connectivity index (χ0v) is 6.79. The third-order valence-electron chi connectivity index (χ3n) is 1.27. The fraction of sp³-hybridized carbons (Fsp3) is 0. The minimum atomic E-state index is 0.598.